The maximum absolute atomic E-state index is 12.3. The number of aryl methyl sites for hydroxylation is 1. The van der Waals surface area contributed by atoms with E-state index in [1.165, 1.54) is 11.1 Å². The van der Waals surface area contributed by atoms with Gasteiger partial charge in [-0.2, -0.15) is 0 Å². The molecule has 2 unspecified atom stereocenters. The van der Waals surface area contributed by atoms with Crippen LogP contribution in [0.4, 0.5) is 0 Å². The lowest BCUT2D eigenvalue weighted by Gasteiger charge is -2.30. The highest BCUT2D eigenvalue weighted by Crippen LogP contribution is 2.19. The van der Waals surface area contributed by atoms with Crippen molar-refractivity contribution in [3.05, 3.63) is 35.4 Å². The minimum atomic E-state index is -0.0415. The molecule has 0 spiro atoms. The molecule has 2 N–H and O–H groups in total. The van der Waals surface area contributed by atoms with Gasteiger partial charge in [0.2, 0.25) is 5.91 Å². The van der Waals surface area contributed by atoms with Crippen LogP contribution in [-0.2, 0) is 4.79 Å². The molecule has 3 nitrogen and oxygen atoms in total. The summed E-state index contributed by atoms with van der Waals surface area (Å²) in [5.74, 6) is 0.542. The number of nitrogens with one attached hydrogen (secondary N) is 2. The van der Waals surface area contributed by atoms with Gasteiger partial charge < -0.3 is 10.6 Å². The van der Waals surface area contributed by atoms with Crippen molar-refractivity contribution in [2.45, 2.75) is 45.7 Å². The molecule has 0 radical (unpaired) electrons. The molecule has 1 fully saturated rings. The van der Waals surface area contributed by atoms with E-state index in [0.29, 0.717) is 5.92 Å². The van der Waals surface area contributed by atoms with Crippen LogP contribution in [0.1, 0.15) is 43.9 Å². The Morgan fingerprint density at radius 1 is 1.42 bits per heavy atom. The fourth-order valence-corrected chi connectivity index (χ4v) is 2.85. The van der Waals surface area contributed by atoms with Gasteiger partial charge >= 0.3 is 0 Å². The van der Waals surface area contributed by atoms with Gasteiger partial charge in [-0.05, 0) is 50.3 Å². The summed E-state index contributed by atoms with van der Waals surface area (Å²) in [4.78, 5) is 12.3. The predicted octanol–water partition coefficient (Wildman–Crippen LogP) is 2.56. The highest BCUT2D eigenvalue weighted by atomic mass is 16.2. The molecule has 0 aromatic heterocycles. The summed E-state index contributed by atoms with van der Waals surface area (Å²) < 4.78 is 0. The van der Waals surface area contributed by atoms with E-state index < -0.39 is 0 Å². The molecule has 1 saturated heterocycles. The highest BCUT2D eigenvalue weighted by Gasteiger charge is 2.28. The van der Waals surface area contributed by atoms with Crippen molar-refractivity contribution in [2.24, 2.45) is 5.92 Å². The molecular formula is C16H24N2O. The topological polar surface area (TPSA) is 41.1 Å². The molecule has 2 rings (SSSR count). The fourth-order valence-electron chi connectivity index (χ4n) is 2.85. The lowest BCUT2D eigenvalue weighted by Crippen LogP contribution is -2.51. The second-order valence-electron chi connectivity index (χ2n) is 5.64. The van der Waals surface area contributed by atoms with E-state index in [9.17, 15) is 4.79 Å². The van der Waals surface area contributed by atoms with Crippen molar-refractivity contribution in [1.82, 2.24) is 10.6 Å². The van der Waals surface area contributed by atoms with Gasteiger partial charge in [0.1, 0.15) is 0 Å². The number of piperidine rings is 1. The lowest BCUT2D eigenvalue weighted by molar-refractivity contribution is -0.125. The third-order valence-corrected chi connectivity index (χ3v) is 4.07. The maximum Gasteiger partial charge on any atom is 0.237 e. The Morgan fingerprint density at radius 3 is 2.84 bits per heavy atom. The first-order valence-corrected chi connectivity index (χ1v) is 7.19. The molecule has 1 amide bonds. The van der Waals surface area contributed by atoms with Crippen LogP contribution < -0.4 is 10.6 Å². The van der Waals surface area contributed by atoms with Crippen molar-refractivity contribution >= 4 is 5.91 Å². The Kier molecular flexibility index (Phi) is 4.59. The van der Waals surface area contributed by atoms with E-state index in [4.69, 9.17) is 0 Å². The van der Waals surface area contributed by atoms with Gasteiger partial charge in [0.25, 0.3) is 0 Å². The minimum absolute atomic E-state index is 0.0415. The molecule has 0 bridgehead atoms. The standard InChI is InChI=1S/C16H24N2O/c1-11-7-4-5-9-14(11)13(3)18-16(19)15-12(2)8-6-10-17-15/h4-5,7,9,12-13,15,17H,6,8,10H2,1-3H3,(H,18,19)/t12?,13-,15?/m0/s1. The van der Waals surface area contributed by atoms with Crippen LogP contribution in [0.5, 0.6) is 0 Å². The molecule has 0 aliphatic carbocycles. The summed E-state index contributed by atoms with van der Waals surface area (Å²) in [6.45, 7) is 7.23. The Balaban J connectivity index is 2.00. The monoisotopic (exact) mass is 260 g/mol. The largest absolute Gasteiger partial charge is 0.348 e. The first-order valence-electron chi connectivity index (χ1n) is 7.19. The van der Waals surface area contributed by atoms with Crippen molar-refractivity contribution in [1.29, 1.82) is 0 Å². The molecule has 3 atom stereocenters. The van der Waals surface area contributed by atoms with E-state index in [1.807, 2.05) is 19.1 Å². The maximum atomic E-state index is 12.3. The van der Waals surface area contributed by atoms with Crippen LogP contribution in [-0.4, -0.2) is 18.5 Å². The van der Waals surface area contributed by atoms with Crippen LogP contribution >= 0.6 is 0 Å². The summed E-state index contributed by atoms with van der Waals surface area (Å²) in [5.41, 5.74) is 2.42. The summed E-state index contributed by atoms with van der Waals surface area (Å²) in [6, 6.07) is 8.23. The molecule has 1 heterocycles. The molecular weight excluding hydrogens is 236 g/mol. The SMILES string of the molecule is Cc1ccccc1[C@H](C)NC(=O)C1NCCCC1C. The first kappa shape index (κ1) is 14.1. The normalized spacial score (nSPS) is 24.8. The summed E-state index contributed by atoms with van der Waals surface area (Å²) in [6.07, 6.45) is 2.29. The Hall–Kier alpha value is -1.35. The van der Waals surface area contributed by atoms with Crippen molar-refractivity contribution in [3.63, 3.8) is 0 Å². The van der Waals surface area contributed by atoms with E-state index in [2.05, 4.69) is 36.6 Å². The molecule has 1 aromatic rings. The third kappa shape index (κ3) is 3.35. The van der Waals surface area contributed by atoms with Crippen LogP contribution in [0.25, 0.3) is 0 Å². The van der Waals surface area contributed by atoms with Crippen LogP contribution in [0.3, 0.4) is 0 Å². The number of benzene rings is 1. The van der Waals surface area contributed by atoms with Crippen molar-refractivity contribution < 1.29 is 4.79 Å². The molecule has 1 aliphatic rings. The van der Waals surface area contributed by atoms with Crippen LogP contribution in [0.2, 0.25) is 0 Å². The van der Waals surface area contributed by atoms with Gasteiger partial charge in [0, 0.05) is 0 Å². The molecule has 1 aromatic carbocycles. The van der Waals surface area contributed by atoms with E-state index in [-0.39, 0.29) is 18.0 Å². The van der Waals surface area contributed by atoms with Gasteiger partial charge in [-0.25, -0.2) is 0 Å². The van der Waals surface area contributed by atoms with Gasteiger partial charge in [0.15, 0.2) is 0 Å². The minimum Gasteiger partial charge on any atom is -0.348 e. The Morgan fingerprint density at radius 2 is 2.16 bits per heavy atom. The zero-order valence-electron chi connectivity index (χ0n) is 12.1. The number of carbonyl (C=O) groups is 1. The molecule has 104 valence electrons. The quantitative estimate of drug-likeness (QED) is 0.877. The van der Waals surface area contributed by atoms with Crippen LogP contribution in [0, 0.1) is 12.8 Å². The molecule has 3 heteroatoms. The summed E-state index contributed by atoms with van der Waals surface area (Å²) >= 11 is 0. The van der Waals surface area contributed by atoms with Gasteiger partial charge in [-0.1, -0.05) is 31.2 Å². The van der Waals surface area contributed by atoms with E-state index >= 15 is 0 Å². The van der Waals surface area contributed by atoms with E-state index in [1.54, 1.807) is 0 Å². The number of hydrogen-bond acceptors (Lipinski definition) is 2. The zero-order chi connectivity index (χ0) is 13.8. The number of amides is 1. The number of hydrogen-bond donors (Lipinski definition) is 2. The second-order valence-corrected chi connectivity index (χ2v) is 5.64. The van der Waals surface area contributed by atoms with Gasteiger partial charge in [-0.3, -0.25) is 4.79 Å². The lowest BCUT2D eigenvalue weighted by atomic mass is 9.91. The third-order valence-electron chi connectivity index (χ3n) is 4.07. The van der Waals surface area contributed by atoms with Gasteiger partial charge in [0.05, 0.1) is 12.1 Å². The summed E-state index contributed by atoms with van der Waals surface area (Å²) in [5, 5.41) is 6.46. The molecule has 1 aliphatic heterocycles. The fraction of sp³-hybridized carbons (Fsp3) is 0.562. The highest BCUT2D eigenvalue weighted by molar-refractivity contribution is 5.82. The van der Waals surface area contributed by atoms with Crippen LogP contribution in [0.15, 0.2) is 24.3 Å². The smallest absolute Gasteiger partial charge is 0.237 e. The van der Waals surface area contributed by atoms with Crippen molar-refractivity contribution in [3.8, 4) is 0 Å². The Bertz CT molecular complexity index is 444. The first-order chi connectivity index (χ1) is 9.09. The average Bonchev–Trinajstić information content (AvgIpc) is 2.39. The second kappa shape index (κ2) is 6.20. The van der Waals surface area contributed by atoms with Crippen molar-refractivity contribution in [2.75, 3.05) is 6.54 Å². The molecule has 19 heavy (non-hydrogen) atoms. The number of rotatable bonds is 3. The average molecular weight is 260 g/mol. The number of carbonyl (C=O) groups excluding carboxylic acids is 1. The molecule has 0 saturated carbocycles. The predicted molar refractivity (Wildman–Crippen MR) is 77.9 cm³/mol. The van der Waals surface area contributed by atoms with E-state index in [0.717, 1.165) is 19.4 Å². The summed E-state index contributed by atoms with van der Waals surface area (Å²) in [7, 11) is 0. The van der Waals surface area contributed by atoms with Gasteiger partial charge in [-0.15, -0.1) is 0 Å². The zero-order valence-corrected chi connectivity index (χ0v) is 12.1. The Labute approximate surface area is 115 Å².